The maximum absolute atomic E-state index is 11.6. The molecule has 0 bridgehead atoms. The Morgan fingerprint density at radius 1 is 1.28 bits per heavy atom. The first kappa shape index (κ1) is 12.6. The lowest BCUT2D eigenvalue weighted by Gasteiger charge is -2.16. The van der Waals surface area contributed by atoms with Gasteiger partial charge < -0.3 is 15.5 Å². The minimum atomic E-state index is -1.34. The molecule has 18 heavy (non-hydrogen) atoms. The second kappa shape index (κ2) is 4.78. The van der Waals surface area contributed by atoms with Crippen LogP contribution >= 0.6 is 0 Å². The van der Waals surface area contributed by atoms with Gasteiger partial charge in [0.15, 0.2) is 0 Å². The number of hydrogen-bond donors (Lipinski definition) is 3. The molecule has 0 saturated heterocycles. The highest BCUT2D eigenvalue weighted by molar-refractivity contribution is 5.91. The molecule has 0 heterocycles. The van der Waals surface area contributed by atoms with Gasteiger partial charge in [-0.3, -0.25) is 4.79 Å². The van der Waals surface area contributed by atoms with E-state index in [4.69, 9.17) is 5.11 Å². The summed E-state index contributed by atoms with van der Waals surface area (Å²) in [6, 6.07) is 8.05. The first-order chi connectivity index (χ1) is 8.51. The topological polar surface area (TPSA) is 86.6 Å². The normalized spacial score (nSPS) is 17.8. The van der Waals surface area contributed by atoms with E-state index in [1.165, 1.54) is 0 Å². The van der Waals surface area contributed by atoms with E-state index in [0.717, 1.165) is 5.56 Å². The van der Waals surface area contributed by atoms with E-state index in [1.54, 1.807) is 12.1 Å². The van der Waals surface area contributed by atoms with Crippen molar-refractivity contribution in [1.82, 2.24) is 5.32 Å². The average molecular weight is 249 g/mol. The van der Waals surface area contributed by atoms with Crippen molar-refractivity contribution in [3.05, 3.63) is 35.9 Å². The summed E-state index contributed by atoms with van der Waals surface area (Å²) in [5.41, 5.74) is -0.516. The van der Waals surface area contributed by atoms with Gasteiger partial charge in [0.25, 0.3) is 5.91 Å². The highest BCUT2D eigenvalue weighted by Crippen LogP contribution is 2.35. The van der Waals surface area contributed by atoms with Crippen molar-refractivity contribution < 1.29 is 19.8 Å². The summed E-state index contributed by atoms with van der Waals surface area (Å²) >= 11 is 0. The van der Waals surface area contributed by atoms with Gasteiger partial charge in [-0.1, -0.05) is 30.3 Å². The van der Waals surface area contributed by atoms with Crippen LogP contribution in [0.4, 0.5) is 0 Å². The van der Waals surface area contributed by atoms with Crippen molar-refractivity contribution in [2.24, 2.45) is 0 Å². The fraction of sp³-hybridized carbons (Fsp3) is 0.385. The number of carbonyl (C=O) groups is 2. The number of rotatable bonds is 5. The average Bonchev–Trinajstić information content (AvgIpc) is 3.09. The van der Waals surface area contributed by atoms with E-state index >= 15 is 0 Å². The van der Waals surface area contributed by atoms with E-state index in [-0.39, 0.29) is 6.42 Å². The predicted molar refractivity (Wildman–Crippen MR) is 63.9 cm³/mol. The molecule has 1 aliphatic carbocycles. The van der Waals surface area contributed by atoms with Gasteiger partial charge in [0.05, 0.1) is 0 Å². The Morgan fingerprint density at radius 2 is 1.89 bits per heavy atom. The molecule has 0 aromatic heterocycles. The van der Waals surface area contributed by atoms with Crippen molar-refractivity contribution in [2.75, 3.05) is 0 Å². The first-order valence-corrected chi connectivity index (χ1v) is 5.81. The number of nitrogens with one attached hydrogen (secondary N) is 1. The summed E-state index contributed by atoms with van der Waals surface area (Å²) in [4.78, 5) is 22.7. The van der Waals surface area contributed by atoms with Crippen LogP contribution < -0.4 is 5.32 Å². The van der Waals surface area contributed by atoms with Gasteiger partial charge in [0, 0.05) is 6.42 Å². The zero-order valence-electron chi connectivity index (χ0n) is 9.80. The molecular formula is C13H15NO4. The van der Waals surface area contributed by atoms with Gasteiger partial charge in [0.1, 0.15) is 11.6 Å². The Kier molecular flexibility index (Phi) is 3.34. The zero-order valence-corrected chi connectivity index (χ0v) is 9.80. The quantitative estimate of drug-likeness (QED) is 0.701. The number of benzene rings is 1. The molecule has 1 atom stereocenters. The van der Waals surface area contributed by atoms with Crippen LogP contribution in [0.5, 0.6) is 0 Å². The van der Waals surface area contributed by atoms with Crippen molar-refractivity contribution in [3.8, 4) is 0 Å². The molecule has 5 nitrogen and oxygen atoms in total. The van der Waals surface area contributed by atoms with Crippen LogP contribution in [-0.4, -0.2) is 33.7 Å². The molecule has 1 aromatic rings. The number of carboxylic acids is 1. The first-order valence-electron chi connectivity index (χ1n) is 5.81. The maximum Gasteiger partial charge on any atom is 0.326 e. The lowest BCUT2D eigenvalue weighted by Crippen LogP contribution is -2.47. The summed E-state index contributed by atoms with van der Waals surface area (Å²) < 4.78 is 0. The van der Waals surface area contributed by atoms with Crippen molar-refractivity contribution >= 4 is 11.9 Å². The number of aliphatic hydroxyl groups is 1. The lowest BCUT2D eigenvalue weighted by molar-refractivity contribution is -0.143. The van der Waals surface area contributed by atoms with Crippen LogP contribution in [-0.2, 0) is 16.0 Å². The molecule has 3 N–H and O–H groups in total. The number of carbonyl (C=O) groups excluding carboxylic acids is 1. The van der Waals surface area contributed by atoms with Gasteiger partial charge in [-0.2, -0.15) is 0 Å². The van der Waals surface area contributed by atoms with E-state index in [9.17, 15) is 14.7 Å². The predicted octanol–water partition coefficient (Wildman–Crippen LogP) is 0.323. The Morgan fingerprint density at radius 3 is 2.39 bits per heavy atom. The summed E-state index contributed by atoms with van der Waals surface area (Å²) in [7, 11) is 0. The molecule has 1 aromatic carbocycles. The van der Waals surface area contributed by atoms with Crippen LogP contribution in [0, 0.1) is 0 Å². The second-order valence-corrected chi connectivity index (χ2v) is 4.59. The van der Waals surface area contributed by atoms with E-state index in [0.29, 0.717) is 12.8 Å². The number of aliphatic carboxylic acids is 1. The van der Waals surface area contributed by atoms with Gasteiger partial charge >= 0.3 is 5.97 Å². The van der Waals surface area contributed by atoms with Gasteiger partial charge in [-0.25, -0.2) is 4.79 Å². The van der Waals surface area contributed by atoms with Crippen LogP contribution in [0.3, 0.4) is 0 Å². The molecule has 96 valence electrons. The molecule has 0 radical (unpaired) electrons. The number of carboxylic acid groups (broad SMARTS) is 1. The zero-order chi connectivity index (χ0) is 13.2. The molecule has 0 spiro atoms. The van der Waals surface area contributed by atoms with Gasteiger partial charge in [-0.15, -0.1) is 0 Å². The number of amides is 1. The SMILES string of the molecule is O=C(O)C(Cc1ccccc1)NC(=O)C1(O)CC1. The number of hydrogen-bond acceptors (Lipinski definition) is 3. The Balaban J connectivity index is 2.00. The van der Waals surface area contributed by atoms with Crippen molar-refractivity contribution in [3.63, 3.8) is 0 Å². The summed E-state index contributed by atoms with van der Waals surface area (Å²) in [5, 5.41) is 21.0. The Hall–Kier alpha value is -1.88. The minimum absolute atomic E-state index is 0.206. The monoisotopic (exact) mass is 249 g/mol. The molecule has 1 fully saturated rings. The molecule has 0 aliphatic heterocycles. The van der Waals surface area contributed by atoms with Crippen LogP contribution in [0.2, 0.25) is 0 Å². The van der Waals surface area contributed by atoms with Crippen molar-refractivity contribution in [2.45, 2.75) is 30.9 Å². The third-order valence-corrected chi connectivity index (χ3v) is 3.03. The maximum atomic E-state index is 11.6. The minimum Gasteiger partial charge on any atom is -0.480 e. The summed E-state index contributed by atoms with van der Waals surface area (Å²) in [5.74, 6) is -1.69. The van der Waals surface area contributed by atoms with Gasteiger partial charge in [-0.05, 0) is 18.4 Å². The molecule has 1 saturated carbocycles. The Labute approximate surface area is 104 Å². The largest absolute Gasteiger partial charge is 0.480 e. The standard InChI is InChI=1S/C13H15NO4/c15-11(16)10(8-9-4-2-1-3-5-9)14-12(17)13(18)6-7-13/h1-5,10,18H,6-8H2,(H,14,17)(H,15,16). The highest BCUT2D eigenvalue weighted by Gasteiger charge is 2.48. The fourth-order valence-corrected chi connectivity index (χ4v) is 1.69. The van der Waals surface area contributed by atoms with E-state index < -0.39 is 23.5 Å². The van der Waals surface area contributed by atoms with E-state index in [2.05, 4.69) is 5.32 Å². The van der Waals surface area contributed by atoms with E-state index in [1.807, 2.05) is 18.2 Å². The van der Waals surface area contributed by atoms with Crippen LogP contribution in [0.1, 0.15) is 18.4 Å². The molecule has 5 heteroatoms. The smallest absolute Gasteiger partial charge is 0.326 e. The highest BCUT2D eigenvalue weighted by atomic mass is 16.4. The third kappa shape index (κ3) is 2.87. The Bertz CT molecular complexity index is 453. The van der Waals surface area contributed by atoms with Crippen LogP contribution in [0.25, 0.3) is 0 Å². The second-order valence-electron chi connectivity index (χ2n) is 4.59. The molecule has 1 amide bonds. The summed E-state index contributed by atoms with van der Waals surface area (Å²) in [6.45, 7) is 0. The fourth-order valence-electron chi connectivity index (χ4n) is 1.69. The summed E-state index contributed by atoms with van der Waals surface area (Å²) in [6.07, 6.45) is 1.00. The molecular weight excluding hydrogens is 234 g/mol. The molecule has 1 aliphatic rings. The molecule has 2 rings (SSSR count). The third-order valence-electron chi connectivity index (χ3n) is 3.03. The lowest BCUT2D eigenvalue weighted by atomic mass is 10.1. The van der Waals surface area contributed by atoms with Crippen LogP contribution in [0.15, 0.2) is 30.3 Å². The van der Waals surface area contributed by atoms with Crippen molar-refractivity contribution in [1.29, 1.82) is 0 Å². The van der Waals surface area contributed by atoms with Gasteiger partial charge in [0.2, 0.25) is 0 Å². The molecule has 1 unspecified atom stereocenters.